The predicted octanol–water partition coefficient (Wildman–Crippen LogP) is 1.16. The van der Waals surface area contributed by atoms with Crippen molar-refractivity contribution in [2.75, 3.05) is 0 Å². The lowest BCUT2D eigenvalue weighted by atomic mass is 9.85. The van der Waals surface area contributed by atoms with Crippen molar-refractivity contribution in [2.45, 2.75) is 36.6 Å². The highest BCUT2D eigenvalue weighted by Gasteiger charge is 2.32. The molecule has 0 bridgehead atoms. The van der Waals surface area contributed by atoms with Gasteiger partial charge in [-0.15, -0.1) is 0 Å². The molecule has 1 aromatic heterocycles. The average Bonchev–Trinajstić information content (AvgIpc) is 2.62. The molecule has 1 fully saturated rings. The van der Waals surface area contributed by atoms with Gasteiger partial charge in [0.1, 0.15) is 0 Å². The molecule has 1 aliphatic rings. The van der Waals surface area contributed by atoms with Gasteiger partial charge in [-0.25, -0.2) is 13.1 Å². The molecule has 0 spiro atoms. The van der Waals surface area contributed by atoms with E-state index in [0.29, 0.717) is 18.5 Å². The molecule has 3 rings (SSSR count). The minimum absolute atomic E-state index is 0.0824. The van der Waals surface area contributed by atoms with Crippen LogP contribution in [0.15, 0.2) is 58.4 Å². The molecule has 1 amide bonds. The number of sulfonamides is 1. The van der Waals surface area contributed by atoms with Crippen LogP contribution < -0.4 is 16.0 Å². The van der Waals surface area contributed by atoms with Gasteiger partial charge in [-0.3, -0.25) is 14.2 Å². The Balaban J connectivity index is 1.82. The summed E-state index contributed by atoms with van der Waals surface area (Å²) in [6, 6.07) is 10.3. The van der Waals surface area contributed by atoms with Crippen LogP contribution in [0.3, 0.4) is 0 Å². The quantitative estimate of drug-likeness (QED) is 0.817. The van der Waals surface area contributed by atoms with Gasteiger partial charge in [0.2, 0.25) is 15.9 Å². The first-order valence-electron chi connectivity index (χ1n) is 8.48. The standard InChI is InChI=1S/C18H21N3O4S/c19-18(23)15-5-1-2-6-16(15)20-26(24,25)14-10-8-13(9-11-14)21-12-4-3-7-17(21)22/h3-4,7-12,15-16,20H,1-2,5-6H2,(H2,19,23). The molecular weight excluding hydrogens is 354 g/mol. The summed E-state index contributed by atoms with van der Waals surface area (Å²) in [7, 11) is -3.78. The molecule has 2 aromatic rings. The Morgan fingerprint density at radius 2 is 1.77 bits per heavy atom. The van der Waals surface area contributed by atoms with Crippen LogP contribution in [-0.4, -0.2) is 24.9 Å². The molecule has 7 nitrogen and oxygen atoms in total. The number of benzene rings is 1. The second-order valence-corrected chi connectivity index (χ2v) is 8.14. The first-order valence-corrected chi connectivity index (χ1v) is 9.96. The van der Waals surface area contributed by atoms with Crippen LogP contribution in [0, 0.1) is 5.92 Å². The largest absolute Gasteiger partial charge is 0.369 e. The Labute approximate surface area is 151 Å². The Bertz CT molecular complexity index is 951. The molecule has 2 atom stereocenters. The Morgan fingerprint density at radius 3 is 2.42 bits per heavy atom. The molecule has 138 valence electrons. The number of carbonyl (C=O) groups is 1. The third-order valence-corrected chi connectivity index (χ3v) is 6.19. The molecule has 1 aliphatic carbocycles. The fraction of sp³-hybridized carbons (Fsp3) is 0.333. The Morgan fingerprint density at radius 1 is 1.08 bits per heavy atom. The summed E-state index contributed by atoms with van der Waals surface area (Å²) in [5.74, 6) is -0.961. The van der Waals surface area contributed by atoms with Crippen LogP contribution in [0.2, 0.25) is 0 Å². The summed E-state index contributed by atoms with van der Waals surface area (Å²) in [6.45, 7) is 0. The topological polar surface area (TPSA) is 111 Å². The monoisotopic (exact) mass is 375 g/mol. The highest BCUT2D eigenvalue weighted by atomic mass is 32.2. The van der Waals surface area contributed by atoms with Crippen molar-refractivity contribution in [1.82, 2.24) is 9.29 Å². The van der Waals surface area contributed by atoms with E-state index in [1.807, 2.05) is 0 Å². The maximum absolute atomic E-state index is 12.7. The van der Waals surface area contributed by atoms with Gasteiger partial charge in [-0.2, -0.15) is 0 Å². The second-order valence-electron chi connectivity index (χ2n) is 6.42. The van der Waals surface area contributed by atoms with E-state index in [2.05, 4.69) is 4.72 Å². The SMILES string of the molecule is NC(=O)C1CCCCC1NS(=O)(=O)c1ccc(-n2ccccc2=O)cc1. The van der Waals surface area contributed by atoms with Crippen LogP contribution in [0.4, 0.5) is 0 Å². The Hall–Kier alpha value is -2.45. The third kappa shape index (κ3) is 3.86. The molecule has 1 saturated carbocycles. The van der Waals surface area contributed by atoms with E-state index >= 15 is 0 Å². The van der Waals surface area contributed by atoms with E-state index < -0.39 is 27.9 Å². The highest BCUT2D eigenvalue weighted by molar-refractivity contribution is 7.89. The summed E-state index contributed by atoms with van der Waals surface area (Å²) < 4.78 is 29.3. The van der Waals surface area contributed by atoms with E-state index in [1.54, 1.807) is 30.5 Å². The molecule has 0 saturated heterocycles. The van der Waals surface area contributed by atoms with E-state index in [9.17, 15) is 18.0 Å². The number of nitrogens with one attached hydrogen (secondary N) is 1. The van der Waals surface area contributed by atoms with Gasteiger partial charge in [0.25, 0.3) is 5.56 Å². The van der Waals surface area contributed by atoms with E-state index in [4.69, 9.17) is 5.73 Å². The van der Waals surface area contributed by atoms with E-state index in [1.165, 1.54) is 22.8 Å². The van der Waals surface area contributed by atoms with Crippen molar-refractivity contribution in [1.29, 1.82) is 0 Å². The number of amides is 1. The predicted molar refractivity (Wildman–Crippen MR) is 97.3 cm³/mol. The van der Waals surface area contributed by atoms with Crippen LogP contribution in [0.5, 0.6) is 0 Å². The summed E-state index contributed by atoms with van der Waals surface area (Å²) >= 11 is 0. The van der Waals surface area contributed by atoms with Gasteiger partial charge in [-0.1, -0.05) is 18.9 Å². The number of hydrogen-bond donors (Lipinski definition) is 2. The summed E-state index contributed by atoms with van der Waals surface area (Å²) in [6.07, 6.45) is 4.52. The summed E-state index contributed by atoms with van der Waals surface area (Å²) in [4.78, 5) is 23.5. The van der Waals surface area contributed by atoms with Crippen molar-refractivity contribution < 1.29 is 13.2 Å². The third-order valence-electron chi connectivity index (χ3n) is 4.69. The number of primary amides is 1. The summed E-state index contributed by atoms with van der Waals surface area (Å²) in [5.41, 5.74) is 5.78. The number of carbonyl (C=O) groups excluding carboxylic acids is 1. The lowest BCUT2D eigenvalue weighted by Gasteiger charge is -2.29. The first-order chi connectivity index (χ1) is 12.4. The van der Waals surface area contributed by atoms with Crippen LogP contribution in [0.25, 0.3) is 5.69 Å². The molecule has 0 aliphatic heterocycles. The van der Waals surface area contributed by atoms with Gasteiger partial charge in [0, 0.05) is 24.0 Å². The number of nitrogens with zero attached hydrogens (tertiary/aromatic N) is 1. The van der Waals surface area contributed by atoms with Crippen LogP contribution in [-0.2, 0) is 14.8 Å². The molecule has 8 heteroatoms. The minimum atomic E-state index is -3.78. The van der Waals surface area contributed by atoms with Crippen molar-refractivity contribution >= 4 is 15.9 Å². The maximum Gasteiger partial charge on any atom is 0.255 e. The molecular formula is C18H21N3O4S. The number of hydrogen-bond acceptors (Lipinski definition) is 4. The average molecular weight is 375 g/mol. The van der Waals surface area contributed by atoms with Gasteiger partial charge in [0.15, 0.2) is 0 Å². The van der Waals surface area contributed by atoms with Crippen molar-refractivity contribution in [3.63, 3.8) is 0 Å². The van der Waals surface area contributed by atoms with Crippen molar-refractivity contribution in [3.05, 3.63) is 59.0 Å². The second kappa shape index (κ2) is 7.43. The van der Waals surface area contributed by atoms with Gasteiger partial charge < -0.3 is 5.73 Å². The minimum Gasteiger partial charge on any atom is -0.369 e. The van der Waals surface area contributed by atoms with E-state index in [-0.39, 0.29) is 10.5 Å². The van der Waals surface area contributed by atoms with Gasteiger partial charge in [-0.05, 0) is 43.2 Å². The summed E-state index contributed by atoms with van der Waals surface area (Å²) in [5, 5.41) is 0. The van der Waals surface area contributed by atoms with Crippen molar-refractivity contribution in [2.24, 2.45) is 11.7 Å². The smallest absolute Gasteiger partial charge is 0.255 e. The normalized spacial score (nSPS) is 20.6. The first kappa shape index (κ1) is 18.3. The van der Waals surface area contributed by atoms with Crippen LogP contribution >= 0.6 is 0 Å². The fourth-order valence-electron chi connectivity index (χ4n) is 3.31. The zero-order chi connectivity index (χ0) is 18.7. The lowest BCUT2D eigenvalue weighted by molar-refractivity contribution is -0.123. The molecule has 26 heavy (non-hydrogen) atoms. The van der Waals surface area contributed by atoms with Gasteiger partial charge >= 0.3 is 0 Å². The molecule has 3 N–H and O–H groups in total. The molecule has 0 radical (unpaired) electrons. The van der Waals surface area contributed by atoms with Crippen LogP contribution in [0.1, 0.15) is 25.7 Å². The molecule has 1 aromatic carbocycles. The molecule has 1 heterocycles. The number of nitrogens with two attached hydrogens (primary N) is 1. The molecule has 2 unspecified atom stereocenters. The fourth-order valence-corrected chi connectivity index (χ4v) is 4.62. The van der Waals surface area contributed by atoms with Crippen molar-refractivity contribution in [3.8, 4) is 5.69 Å². The maximum atomic E-state index is 12.7. The lowest BCUT2D eigenvalue weighted by Crippen LogP contribution is -2.46. The highest BCUT2D eigenvalue weighted by Crippen LogP contribution is 2.26. The zero-order valence-corrected chi connectivity index (χ0v) is 15.0. The number of rotatable bonds is 5. The number of pyridine rings is 1. The zero-order valence-electron chi connectivity index (χ0n) is 14.2. The van der Waals surface area contributed by atoms with E-state index in [0.717, 1.165) is 12.8 Å². The Kier molecular flexibility index (Phi) is 5.24. The van der Waals surface area contributed by atoms with Gasteiger partial charge in [0.05, 0.1) is 10.8 Å². The number of aromatic nitrogens is 1.